The molecule has 0 atom stereocenters. The van der Waals surface area contributed by atoms with Gasteiger partial charge < -0.3 is 10.1 Å². The third-order valence-electron chi connectivity index (χ3n) is 4.36. The fourth-order valence-corrected chi connectivity index (χ4v) is 3.29. The summed E-state index contributed by atoms with van der Waals surface area (Å²) in [5.74, 6) is -2.08. The summed E-state index contributed by atoms with van der Waals surface area (Å²) >= 11 is 9.34. The average molecular weight is 525 g/mol. The van der Waals surface area contributed by atoms with E-state index in [4.69, 9.17) is 16.3 Å². The number of aryl methyl sites for hydroxylation is 2. The molecule has 0 heterocycles. The van der Waals surface area contributed by atoms with Gasteiger partial charge in [0.05, 0.1) is 10.6 Å². The lowest BCUT2D eigenvalue weighted by Crippen LogP contribution is -2.41. The van der Waals surface area contributed by atoms with Gasteiger partial charge in [-0.15, -0.1) is 0 Å². The van der Waals surface area contributed by atoms with Crippen molar-refractivity contribution in [2.75, 3.05) is 11.9 Å². The molecule has 2 aromatic carbocycles. The number of nitrogens with one attached hydrogen (secondary N) is 3. The summed E-state index contributed by atoms with van der Waals surface area (Å²) in [5, 5.41) is 2.96. The molecule has 2 rings (SSSR count). The molecule has 0 unspecified atom stereocenters. The van der Waals surface area contributed by atoms with Gasteiger partial charge in [-0.05, 0) is 55.7 Å². The van der Waals surface area contributed by atoms with E-state index in [-0.39, 0.29) is 29.8 Å². The maximum Gasteiger partial charge on any atom is 0.306 e. The van der Waals surface area contributed by atoms with Crippen LogP contribution in [0.1, 0.15) is 40.7 Å². The fraction of sp³-hybridized carbons (Fsp3) is 0.273. The Kier molecular flexibility index (Phi) is 9.67. The zero-order chi connectivity index (χ0) is 23.7. The summed E-state index contributed by atoms with van der Waals surface area (Å²) < 4.78 is 5.88. The van der Waals surface area contributed by atoms with Crippen LogP contribution in [0.4, 0.5) is 5.69 Å². The highest BCUT2D eigenvalue weighted by molar-refractivity contribution is 9.10. The molecule has 10 heteroatoms. The van der Waals surface area contributed by atoms with Crippen molar-refractivity contribution in [2.45, 2.75) is 33.1 Å². The number of hydrogen-bond donors (Lipinski definition) is 3. The molecule has 0 aliphatic carbocycles. The highest BCUT2D eigenvalue weighted by Gasteiger charge is 2.13. The van der Waals surface area contributed by atoms with Crippen molar-refractivity contribution in [1.82, 2.24) is 10.9 Å². The number of hydrazine groups is 1. The molecule has 0 fully saturated rings. The highest BCUT2D eigenvalue weighted by atomic mass is 79.9. The second kappa shape index (κ2) is 12.2. The van der Waals surface area contributed by atoms with Gasteiger partial charge in [0.1, 0.15) is 0 Å². The number of halogens is 2. The number of amides is 3. The number of carbonyl (C=O) groups is 4. The smallest absolute Gasteiger partial charge is 0.306 e. The first-order valence-electron chi connectivity index (χ1n) is 9.73. The number of anilines is 1. The van der Waals surface area contributed by atoms with Crippen LogP contribution in [0, 0.1) is 13.8 Å². The van der Waals surface area contributed by atoms with Gasteiger partial charge in [-0.1, -0.05) is 39.7 Å². The van der Waals surface area contributed by atoms with Crippen LogP contribution in [0.3, 0.4) is 0 Å². The molecule has 0 saturated heterocycles. The third-order valence-corrected chi connectivity index (χ3v) is 5.55. The lowest BCUT2D eigenvalue weighted by molar-refractivity contribution is -0.147. The number of hydrogen-bond acceptors (Lipinski definition) is 5. The van der Waals surface area contributed by atoms with Gasteiger partial charge in [-0.2, -0.15) is 0 Å². The minimum Gasteiger partial charge on any atom is -0.456 e. The molecule has 0 saturated carbocycles. The number of carbonyl (C=O) groups excluding carboxylic acids is 4. The van der Waals surface area contributed by atoms with E-state index in [0.29, 0.717) is 5.69 Å². The lowest BCUT2D eigenvalue weighted by atomic mass is 10.1. The molecule has 32 heavy (non-hydrogen) atoms. The van der Waals surface area contributed by atoms with Crippen molar-refractivity contribution in [3.8, 4) is 0 Å². The molecule has 0 aliphatic rings. The second-order valence-electron chi connectivity index (χ2n) is 6.96. The van der Waals surface area contributed by atoms with Crippen LogP contribution in [0.25, 0.3) is 0 Å². The molecule has 170 valence electrons. The van der Waals surface area contributed by atoms with E-state index in [9.17, 15) is 19.2 Å². The van der Waals surface area contributed by atoms with Crippen molar-refractivity contribution >= 4 is 56.9 Å². The number of ether oxygens (including phenoxy) is 1. The highest BCUT2D eigenvalue weighted by Crippen LogP contribution is 2.24. The van der Waals surface area contributed by atoms with E-state index in [2.05, 4.69) is 32.1 Å². The Balaban J connectivity index is 1.65. The van der Waals surface area contributed by atoms with Gasteiger partial charge >= 0.3 is 5.97 Å². The Morgan fingerprint density at radius 1 is 0.969 bits per heavy atom. The van der Waals surface area contributed by atoms with Crippen LogP contribution < -0.4 is 16.2 Å². The maximum atomic E-state index is 12.0. The van der Waals surface area contributed by atoms with Crippen molar-refractivity contribution in [1.29, 1.82) is 0 Å². The predicted molar refractivity (Wildman–Crippen MR) is 124 cm³/mol. The average Bonchev–Trinajstić information content (AvgIpc) is 2.74. The lowest BCUT2D eigenvalue weighted by Gasteiger charge is -2.11. The Bertz CT molecular complexity index is 1030. The fourth-order valence-electron chi connectivity index (χ4n) is 2.62. The summed E-state index contributed by atoms with van der Waals surface area (Å²) in [6, 6.07) is 10.1. The molecule has 0 aromatic heterocycles. The van der Waals surface area contributed by atoms with E-state index in [1.807, 2.05) is 26.0 Å². The zero-order valence-corrected chi connectivity index (χ0v) is 19.9. The first-order valence-corrected chi connectivity index (χ1v) is 10.9. The van der Waals surface area contributed by atoms with Gasteiger partial charge in [0.25, 0.3) is 11.8 Å². The Morgan fingerprint density at radius 2 is 1.69 bits per heavy atom. The molecule has 3 amide bonds. The summed E-state index contributed by atoms with van der Waals surface area (Å²) in [6.45, 7) is 3.33. The zero-order valence-electron chi connectivity index (χ0n) is 17.6. The van der Waals surface area contributed by atoms with E-state index in [0.717, 1.165) is 15.6 Å². The molecule has 0 spiro atoms. The van der Waals surface area contributed by atoms with Gasteiger partial charge in [-0.3, -0.25) is 30.0 Å². The van der Waals surface area contributed by atoms with E-state index >= 15 is 0 Å². The number of esters is 1. The predicted octanol–water partition coefficient (Wildman–Crippen LogP) is 3.83. The van der Waals surface area contributed by atoms with E-state index < -0.39 is 30.3 Å². The van der Waals surface area contributed by atoms with Gasteiger partial charge in [-0.25, -0.2) is 0 Å². The molecule has 3 N–H and O–H groups in total. The van der Waals surface area contributed by atoms with Crippen LogP contribution in [0.15, 0.2) is 40.9 Å². The minimum atomic E-state index is -0.600. The van der Waals surface area contributed by atoms with Gasteiger partial charge in [0, 0.05) is 23.0 Å². The standard InChI is InChI=1S/C22H23BrClN3O5/c1-13-11-18(14(2)10-16(13)23)25-20(29)12-32-21(30)9-5-8-19(28)26-27-22(31)15-6-3-4-7-17(15)24/h3-4,6-7,10-11H,5,8-9,12H2,1-2H3,(H,25,29)(H,26,28)(H,27,31). The largest absolute Gasteiger partial charge is 0.456 e. The topological polar surface area (TPSA) is 114 Å². The van der Waals surface area contributed by atoms with Crippen LogP contribution in [0.2, 0.25) is 5.02 Å². The first kappa shape index (κ1) is 25.4. The van der Waals surface area contributed by atoms with E-state index in [1.54, 1.807) is 18.2 Å². The van der Waals surface area contributed by atoms with Crippen molar-refractivity contribution < 1.29 is 23.9 Å². The molecule has 0 bridgehead atoms. The molecular formula is C22H23BrClN3O5. The summed E-state index contributed by atoms with van der Waals surface area (Å²) in [7, 11) is 0. The molecule has 2 aromatic rings. The van der Waals surface area contributed by atoms with Crippen LogP contribution in [0.5, 0.6) is 0 Å². The van der Waals surface area contributed by atoms with Gasteiger partial charge in [0.15, 0.2) is 6.61 Å². The molecular weight excluding hydrogens is 502 g/mol. The van der Waals surface area contributed by atoms with Crippen LogP contribution in [-0.4, -0.2) is 30.3 Å². The third kappa shape index (κ3) is 7.97. The quantitative estimate of drug-likeness (QED) is 0.359. The normalized spacial score (nSPS) is 10.2. The van der Waals surface area contributed by atoms with Gasteiger partial charge in [0.2, 0.25) is 5.91 Å². The minimum absolute atomic E-state index is 0.0124. The molecule has 0 radical (unpaired) electrons. The summed E-state index contributed by atoms with van der Waals surface area (Å²) in [4.78, 5) is 47.6. The van der Waals surface area contributed by atoms with Crippen LogP contribution >= 0.6 is 27.5 Å². The SMILES string of the molecule is Cc1cc(NC(=O)COC(=O)CCCC(=O)NNC(=O)c2ccccc2Cl)c(C)cc1Br. The van der Waals surface area contributed by atoms with Crippen molar-refractivity contribution in [2.24, 2.45) is 0 Å². The number of benzene rings is 2. The first-order chi connectivity index (χ1) is 15.2. The monoisotopic (exact) mass is 523 g/mol. The molecule has 8 nitrogen and oxygen atoms in total. The maximum absolute atomic E-state index is 12.0. The second-order valence-corrected chi connectivity index (χ2v) is 8.22. The van der Waals surface area contributed by atoms with Crippen molar-refractivity contribution in [3.05, 3.63) is 62.6 Å². The summed E-state index contributed by atoms with van der Waals surface area (Å²) in [5.41, 5.74) is 7.21. The Morgan fingerprint density at radius 3 is 2.41 bits per heavy atom. The summed E-state index contributed by atoms with van der Waals surface area (Å²) in [6.07, 6.45) is 0.135. The van der Waals surface area contributed by atoms with E-state index in [1.165, 1.54) is 6.07 Å². The molecule has 0 aliphatic heterocycles. The Labute approximate surface area is 199 Å². The Hall–Kier alpha value is -2.91. The van der Waals surface area contributed by atoms with Crippen molar-refractivity contribution in [3.63, 3.8) is 0 Å². The van der Waals surface area contributed by atoms with Crippen LogP contribution in [-0.2, 0) is 19.1 Å². The number of rotatable bonds is 8.